The Hall–Kier alpha value is -0.680. The fourth-order valence-corrected chi connectivity index (χ4v) is 4.17. The number of hydrogen-bond acceptors (Lipinski definition) is 3. The van der Waals surface area contributed by atoms with Gasteiger partial charge in [0, 0.05) is 10.0 Å². The summed E-state index contributed by atoms with van der Waals surface area (Å²) in [4.78, 5) is 12.0. The summed E-state index contributed by atoms with van der Waals surface area (Å²) in [6.45, 7) is 4.00. The number of carbonyl (C=O) groups is 1. The lowest BCUT2D eigenvalue weighted by atomic mass is 10.2. The normalized spacial score (nSPS) is 11.1. The average molecular weight is 613 g/mol. The number of amides is 1. The van der Waals surface area contributed by atoms with Gasteiger partial charge in [0.2, 0.25) is 0 Å². The van der Waals surface area contributed by atoms with Gasteiger partial charge in [0.1, 0.15) is 5.75 Å². The van der Waals surface area contributed by atoms with Crippen molar-refractivity contribution >= 4 is 73.2 Å². The van der Waals surface area contributed by atoms with Crippen molar-refractivity contribution in [3.8, 4) is 5.75 Å². The summed E-state index contributed by atoms with van der Waals surface area (Å²) >= 11 is 7.82. The number of hydrazone groups is 1. The van der Waals surface area contributed by atoms with Crippen molar-refractivity contribution in [2.75, 3.05) is 0 Å². The van der Waals surface area contributed by atoms with Crippen molar-refractivity contribution in [3.05, 3.63) is 59.1 Å². The Balaban J connectivity index is 2.06. The molecule has 2 aromatic rings. The molecular formula is C17H15BrI2N2O2. The fourth-order valence-electron chi connectivity index (χ4n) is 1.83. The lowest BCUT2D eigenvalue weighted by molar-refractivity contribution is 0.0955. The van der Waals surface area contributed by atoms with Crippen LogP contribution in [0.1, 0.15) is 29.8 Å². The topological polar surface area (TPSA) is 50.7 Å². The number of hydrogen-bond donors (Lipinski definition) is 1. The molecule has 2 rings (SSSR count). The SMILES string of the molecule is CC(C)Oc1c(I)cc(/C=N\NC(=O)c2ccc(Br)cc2)cc1I. The van der Waals surface area contributed by atoms with E-state index in [1.807, 2.05) is 38.1 Å². The molecule has 0 aliphatic rings. The maximum atomic E-state index is 12.0. The highest BCUT2D eigenvalue weighted by Gasteiger charge is 2.10. The lowest BCUT2D eigenvalue weighted by Gasteiger charge is -2.14. The Morgan fingerprint density at radius 1 is 1.21 bits per heavy atom. The van der Waals surface area contributed by atoms with Gasteiger partial charge in [-0.05, 0) is 101 Å². The maximum absolute atomic E-state index is 12.0. The zero-order valence-electron chi connectivity index (χ0n) is 13.0. The van der Waals surface area contributed by atoms with Crippen LogP contribution in [0.2, 0.25) is 0 Å². The van der Waals surface area contributed by atoms with Gasteiger partial charge in [0.15, 0.2) is 0 Å². The summed E-state index contributed by atoms with van der Waals surface area (Å²) in [6.07, 6.45) is 1.75. The minimum Gasteiger partial charge on any atom is -0.489 e. The predicted octanol–water partition coefficient (Wildman–Crippen LogP) is 5.21. The van der Waals surface area contributed by atoms with Crippen molar-refractivity contribution in [3.63, 3.8) is 0 Å². The molecule has 0 saturated carbocycles. The van der Waals surface area contributed by atoms with Crippen LogP contribution >= 0.6 is 61.1 Å². The van der Waals surface area contributed by atoms with Crippen LogP contribution in [0.5, 0.6) is 5.75 Å². The number of ether oxygens (including phenoxy) is 1. The van der Waals surface area contributed by atoms with Crippen molar-refractivity contribution < 1.29 is 9.53 Å². The first-order valence-corrected chi connectivity index (χ1v) is 10.1. The first kappa shape index (κ1) is 19.6. The van der Waals surface area contributed by atoms with Gasteiger partial charge >= 0.3 is 0 Å². The van der Waals surface area contributed by atoms with Gasteiger partial charge in [-0.2, -0.15) is 5.10 Å². The monoisotopic (exact) mass is 612 g/mol. The molecule has 4 nitrogen and oxygen atoms in total. The van der Waals surface area contributed by atoms with Crippen molar-refractivity contribution in [1.29, 1.82) is 0 Å². The largest absolute Gasteiger partial charge is 0.489 e. The highest BCUT2D eigenvalue weighted by atomic mass is 127. The molecule has 126 valence electrons. The average Bonchev–Trinajstić information content (AvgIpc) is 2.51. The van der Waals surface area contributed by atoms with Gasteiger partial charge in [0.05, 0.1) is 19.5 Å². The lowest BCUT2D eigenvalue weighted by Crippen LogP contribution is -2.17. The van der Waals surface area contributed by atoms with Gasteiger partial charge in [-0.25, -0.2) is 5.43 Å². The smallest absolute Gasteiger partial charge is 0.271 e. The first-order chi connectivity index (χ1) is 11.4. The highest BCUT2D eigenvalue weighted by molar-refractivity contribution is 14.1. The van der Waals surface area contributed by atoms with Crippen LogP contribution in [-0.4, -0.2) is 18.2 Å². The molecule has 24 heavy (non-hydrogen) atoms. The molecule has 1 amide bonds. The summed E-state index contributed by atoms with van der Waals surface area (Å²) in [5.41, 5.74) is 3.99. The van der Waals surface area contributed by atoms with E-state index in [0.717, 1.165) is 22.9 Å². The van der Waals surface area contributed by atoms with E-state index in [0.29, 0.717) is 5.56 Å². The summed E-state index contributed by atoms with van der Waals surface area (Å²) < 4.78 is 8.75. The second-order valence-corrected chi connectivity index (χ2v) is 8.43. The summed E-state index contributed by atoms with van der Waals surface area (Å²) in [5.74, 6) is 0.630. The molecule has 0 heterocycles. The molecule has 0 spiro atoms. The second-order valence-electron chi connectivity index (χ2n) is 5.19. The first-order valence-electron chi connectivity index (χ1n) is 7.11. The molecule has 0 saturated heterocycles. The standard InChI is InChI=1S/C17H15BrI2N2O2/c1-10(2)24-16-14(19)7-11(8-15(16)20)9-21-22-17(23)12-3-5-13(18)6-4-12/h3-10H,1-2H3,(H,22,23)/b21-9-. The minimum absolute atomic E-state index is 0.122. The van der Waals surface area contributed by atoms with Crippen LogP contribution in [0.15, 0.2) is 46.0 Å². The predicted molar refractivity (Wildman–Crippen MR) is 117 cm³/mol. The molecule has 1 N–H and O–H groups in total. The van der Waals surface area contributed by atoms with E-state index in [1.54, 1.807) is 18.3 Å². The number of benzene rings is 2. The molecule has 0 atom stereocenters. The Bertz CT molecular complexity index is 739. The Labute approximate surface area is 176 Å². The molecule has 0 aliphatic carbocycles. The van der Waals surface area contributed by atoms with E-state index in [1.165, 1.54) is 0 Å². The van der Waals surface area contributed by atoms with E-state index >= 15 is 0 Å². The molecule has 0 radical (unpaired) electrons. The van der Waals surface area contributed by atoms with E-state index in [-0.39, 0.29) is 12.0 Å². The molecule has 0 aliphatic heterocycles. The van der Waals surface area contributed by atoms with Crippen molar-refractivity contribution in [2.45, 2.75) is 20.0 Å². The number of halogens is 3. The molecular weight excluding hydrogens is 598 g/mol. The number of rotatable bonds is 5. The minimum atomic E-state index is -0.247. The summed E-state index contributed by atoms with van der Waals surface area (Å²) in [6, 6.07) is 11.0. The van der Waals surface area contributed by atoms with Crippen LogP contribution in [0.4, 0.5) is 0 Å². The van der Waals surface area contributed by atoms with Crippen molar-refractivity contribution in [2.24, 2.45) is 5.10 Å². The van der Waals surface area contributed by atoms with Crippen LogP contribution in [-0.2, 0) is 0 Å². The molecule has 0 unspecified atom stereocenters. The van der Waals surface area contributed by atoms with Gasteiger partial charge in [-0.1, -0.05) is 15.9 Å². The number of nitrogens with one attached hydrogen (secondary N) is 1. The van der Waals surface area contributed by atoms with Gasteiger partial charge in [-0.15, -0.1) is 0 Å². The maximum Gasteiger partial charge on any atom is 0.271 e. The molecule has 0 fully saturated rings. The third-order valence-electron chi connectivity index (χ3n) is 2.86. The fraction of sp³-hybridized carbons (Fsp3) is 0.176. The molecule has 7 heteroatoms. The number of carbonyl (C=O) groups excluding carboxylic acids is 1. The third-order valence-corrected chi connectivity index (χ3v) is 4.99. The highest BCUT2D eigenvalue weighted by Crippen LogP contribution is 2.29. The Morgan fingerprint density at radius 3 is 2.33 bits per heavy atom. The second kappa shape index (κ2) is 9.14. The molecule has 0 aromatic heterocycles. The molecule has 2 aromatic carbocycles. The van der Waals surface area contributed by atoms with Crippen LogP contribution < -0.4 is 10.2 Å². The van der Waals surface area contributed by atoms with E-state index < -0.39 is 0 Å². The summed E-state index contributed by atoms with van der Waals surface area (Å²) in [7, 11) is 0. The summed E-state index contributed by atoms with van der Waals surface area (Å²) in [5, 5.41) is 4.03. The Morgan fingerprint density at radius 2 is 1.79 bits per heavy atom. The van der Waals surface area contributed by atoms with Crippen LogP contribution in [0.25, 0.3) is 0 Å². The van der Waals surface area contributed by atoms with Gasteiger partial charge < -0.3 is 4.74 Å². The number of nitrogens with zero attached hydrogens (tertiary/aromatic N) is 1. The Kier molecular flexibility index (Phi) is 7.48. The van der Waals surface area contributed by atoms with E-state index in [4.69, 9.17) is 4.74 Å². The van der Waals surface area contributed by atoms with Gasteiger partial charge in [-0.3, -0.25) is 4.79 Å². The molecule has 0 bridgehead atoms. The quantitative estimate of drug-likeness (QED) is 0.286. The van der Waals surface area contributed by atoms with Crippen molar-refractivity contribution in [1.82, 2.24) is 5.43 Å². The third kappa shape index (κ3) is 5.69. The van der Waals surface area contributed by atoms with E-state index in [9.17, 15) is 4.79 Å². The van der Waals surface area contributed by atoms with E-state index in [2.05, 4.69) is 71.6 Å². The zero-order valence-corrected chi connectivity index (χ0v) is 18.9. The zero-order chi connectivity index (χ0) is 17.7. The van der Waals surface area contributed by atoms with Gasteiger partial charge in [0.25, 0.3) is 5.91 Å². The van der Waals surface area contributed by atoms with Crippen LogP contribution in [0, 0.1) is 7.14 Å². The van der Waals surface area contributed by atoms with Crippen LogP contribution in [0.3, 0.4) is 0 Å².